The SMILES string of the molecule is Cn1cc(CC(=O)NCc2ccc(Cl)cc2)c(=O)c2cc(CCl)oc21. The molecular weight excluding hydrogens is 363 g/mol. The molecule has 0 saturated carbocycles. The number of carbonyl (C=O) groups excluding carboxylic acids is 1. The van der Waals surface area contributed by atoms with Crippen LogP contribution in [0.15, 0.2) is 45.7 Å². The molecule has 3 aromatic rings. The maximum Gasteiger partial charge on any atom is 0.224 e. The van der Waals surface area contributed by atoms with Crippen molar-refractivity contribution in [1.82, 2.24) is 9.88 Å². The molecule has 0 aliphatic carbocycles. The monoisotopic (exact) mass is 378 g/mol. The van der Waals surface area contributed by atoms with Gasteiger partial charge >= 0.3 is 0 Å². The lowest BCUT2D eigenvalue weighted by molar-refractivity contribution is -0.120. The van der Waals surface area contributed by atoms with Gasteiger partial charge in [0.2, 0.25) is 11.6 Å². The van der Waals surface area contributed by atoms with Crippen molar-refractivity contribution in [3.05, 3.63) is 68.7 Å². The molecule has 25 heavy (non-hydrogen) atoms. The maximum absolute atomic E-state index is 12.5. The van der Waals surface area contributed by atoms with Gasteiger partial charge in [0, 0.05) is 30.4 Å². The van der Waals surface area contributed by atoms with Crippen molar-refractivity contribution in [2.45, 2.75) is 18.8 Å². The molecule has 5 nitrogen and oxygen atoms in total. The Morgan fingerprint density at radius 3 is 2.68 bits per heavy atom. The van der Waals surface area contributed by atoms with E-state index in [2.05, 4.69) is 5.32 Å². The molecule has 0 spiro atoms. The van der Waals surface area contributed by atoms with E-state index in [1.807, 2.05) is 12.1 Å². The van der Waals surface area contributed by atoms with Crippen molar-refractivity contribution < 1.29 is 9.21 Å². The van der Waals surface area contributed by atoms with E-state index in [0.717, 1.165) is 5.56 Å². The molecule has 0 radical (unpaired) electrons. The van der Waals surface area contributed by atoms with E-state index in [4.69, 9.17) is 27.6 Å². The molecule has 0 fully saturated rings. The van der Waals surface area contributed by atoms with Gasteiger partial charge in [-0.15, -0.1) is 11.6 Å². The zero-order valence-corrected chi connectivity index (χ0v) is 15.0. The predicted octanol–water partition coefficient (Wildman–Crippen LogP) is 3.38. The molecule has 3 rings (SSSR count). The molecule has 2 aromatic heterocycles. The minimum Gasteiger partial charge on any atom is -0.443 e. The first-order valence-electron chi connectivity index (χ1n) is 7.66. The van der Waals surface area contributed by atoms with Gasteiger partial charge < -0.3 is 14.3 Å². The Labute approximate surface area is 154 Å². The number of pyridine rings is 1. The van der Waals surface area contributed by atoms with Gasteiger partial charge in [0.25, 0.3) is 0 Å². The van der Waals surface area contributed by atoms with Crippen molar-refractivity contribution in [1.29, 1.82) is 0 Å². The molecule has 0 aliphatic heterocycles. The highest BCUT2D eigenvalue weighted by Gasteiger charge is 2.15. The first-order valence-corrected chi connectivity index (χ1v) is 8.57. The summed E-state index contributed by atoms with van der Waals surface area (Å²) < 4.78 is 7.21. The Kier molecular flexibility index (Phi) is 5.16. The third kappa shape index (κ3) is 3.89. The summed E-state index contributed by atoms with van der Waals surface area (Å²) in [6, 6.07) is 8.83. The smallest absolute Gasteiger partial charge is 0.224 e. The summed E-state index contributed by atoms with van der Waals surface area (Å²) in [7, 11) is 1.76. The average Bonchev–Trinajstić information content (AvgIpc) is 3.04. The number of fused-ring (bicyclic) bond motifs is 1. The first kappa shape index (κ1) is 17.6. The van der Waals surface area contributed by atoms with Gasteiger partial charge in [0.15, 0.2) is 5.43 Å². The van der Waals surface area contributed by atoms with Crippen LogP contribution in [0.4, 0.5) is 0 Å². The second-order valence-corrected chi connectivity index (χ2v) is 6.44. The Bertz CT molecular complexity index is 974. The van der Waals surface area contributed by atoms with E-state index in [1.165, 1.54) is 0 Å². The van der Waals surface area contributed by atoms with Crippen LogP contribution in [0.3, 0.4) is 0 Å². The minimum atomic E-state index is -0.229. The van der Waals surface area contributed by atoms with Crippen LogP contribution < -0.4 is 10.7 Å². The summed E-state index contributed by atoms with van der Waals surface area (Å²) >= 11 is 11.6. The van der Waals surface area contributed by atoms with Crippen LogP contribution in [-0.2, 0) is 30.7 Å². The predicted molar refractivity (Wildman–Crippen MR) is 98.0 cm³/mol. The molecule has 0 unspecified atom stereocenters. The highest BCUT2D eigenvalue weighted by Crippen LogP contribution is 2.18. The summed E-state index contributed by atoms with van der Waals surface area (Å²) in [5.74, 6) is 0.478. The van der Waals surface area contributed by atoms with Crippen LogP contribution in [0.1, 0.15) is 16.9 Å². The molecule has 0 aliphatic rings. The van der Waals surface area contributed by atoms with E-state index in [9.17, 15) is 9.59 Å². The number of furan rings is 1. The van der Waals surface area contributed by atoms with Gasteiger partial charge in [-0.3, -0.25) is 9.59 Å². The van der Waals surface area contributed by atoms with E-state index in [0.29, 0.717) is 34.0 Å². The van der Waals surface area contributed by atoms with Crippen molar-refractivity contribution in [2.24, 2.45) is 7.05 Å². The molecular formula is C18H16Cl2N2O3. The molecule has 1 amide bonds. The Balaban J connectivity index is 1.75. The number of aromatic nitrogens is 1. The number of benzene rings is 1. The standard InChI is InChI=1S/C18H16Cl2N2O3/c1-22-10-12(17(24)15-7-14(8-19)25-18(15)22)6-16(23)21-9-11-2-4-13(20)5-3-11/h2-5,7,10H,6,8-9H2,1H3,(H,21,23). The molecule has 1 N–H and O–H groups in total. The van der Waals surface area contributed by atoms with Crippen LogP contribution in [0.2, 0.25) is 5.02 Å². The molecule has 7 heteroatoms. The Morgan fingerprint density at radius 1 is 1.28 bits per heavy atom. The highest BCUT2D eigenvalue weighted by molar-refractivity contribution is 6.30. The van der Waals surface area contributed by atoms with Gasteiger partial charge in [-0.2, -0.15) is 0 Å². The van der Waals surface area contributed by atoms with Crippen LogP contribution in [0, 0.1) is 0 Å². The topological polar surface area (TPSA) is 64.2 Å². The number of nitrogens with one attached hydrogen (secondary N) is 1. The third-order valence-corrected chi connectivity index (χ3v) is 4.37. The number of hydrogen-bond donors (Lipinski definition) is 1. The fourth-order valence-electron chi connectivity index (χ4n) is 2.61. The number of carbonyl (C=O) groups is 1. The van der Waals surface area contributed by atoms with Crippen LogP contribution in [0.25, 0.3) is 11.1 Å². The molecule has 0 bridgehead atoms. The summed E-state index contributed by atoms with van der Waals surface area (Å²) in [6.45, 7) is 0.376. The number of amides is 1. The van der Waals surface area contributed by atoms with Crippen LogP contribution >= 0.6 is 23.2 Å². The number of rotatable bonds is 5. The molecule has 0 saturated heterocycles. The van der Waals surface area contributed by atoms with E-state index in [-0.39, 0.29) is 23.6 Å². The number of hydrogen-bond acceptors (Lipinski definition) is 3. The second-order valence-electron chi connectivity index (χ2n) is 5.74. The molecule has 2 heterocycles. The summed E-state index contributed by atoms with van der Waals surface area (Å²) in [5.41, 5.74) is 1.58. The van der Waals surface area contributed by atoms with Gasteiger partial charge in [0.05, 0.1) is 17.7 Å². The average molecular weight is 379 g/mol. The Morgan fingerprint density at radius 2 is 2.00 bits per heavy atom. The lowest BCUT2D eigenvalue weighted by Gasteiger charge is -2.07. The normalized spacial score (nSPS) is 11.0. The van der Waals surface area contributed by atoms with Crippen LogP contribution in [-0.4, -0.2) is 10.5 Å². The molecule has 0 atom stereocenters. The number of aryl methyl sites for hydroxylation is 1. The quantitative estimate of drug-likeness (QED) is 0.692. The largest absolute Gasteiger partial charge is 0.443 e. The maximum atomic E-state index is 12.5. The number of halogens is 2. The van der Waals surface area contributed by atoms with E-state index < -0.39 is 0 Å². The summed E-state index contributed by atoms with van der Waals surface area (Å²) in [4.78, 5) is 24.7. The fraction of sp³-hybridized carbons (Fsp3) is 0.222. The second kappa shape index (κ2) is 7.33. The highest BCUT2D eigenvalue weighted by atomic mass is 35.5. The fourth-order valence-corrected chi connectivity index (χ4v) is 2.87. The lowest BCUT2D eigenvalue weighted by Crippen LogP contribution is -2.27. The first-order chi connectivity index (χ1) is 12.0. The van der Waals surface area contributed by atoms with E-state index in [1.54, 1.807) is 36.0 Å². The van der Waals surface area contributed by atoms with Crippen molar-refractivity contribution in [2.75, 3.05) is 0 Å². The zero-order valence-electron chi connectivity index (χ0n) is 13.5. The summed E-state index contributed by atoms with van der Waals surface area (Å²) in [5, 5.41) is 3.88. The number of alkyl halides is 1. The van der Waals surface area contributed by atoms with Gasteiger partial charge in [-0.1, -0.05) is 23.7 Å². The van der Waals surface area contributed by atoms with Crippen LogP contribution in [0.5, 0.6) is 0 Å². The minimum absolute atomic E-state index is 0.00239. The molecule has 1 aromatic carbocycles. The lowest BCUT2D eigenvalue weighted by atomic mass is 10.1. The molecule has 130 valence electrons. The summed E-state index contributed by atoms with van der Waals surface area (Å²) in [6.07, 6.45) is 1.62. The van der Waals surface area contributed by atoms with Gasteiger partial charge in [-0.05, 0) is 23.8 Å². The van der Waals surface area contributed by atoms with Gasteiger partial charge in [-0.25, -0.2) is 0 Å². The van der Waals surface area contributed by atoms with E-state index >= 15 is 0 Å². The van der Waals surface area contributed by atoms with Crippen molar-refractivity contribution in [3.8, 4) is 0 Å². The van der Waals surface area contributed by atoms with Gasteiger partial charge in [0.1, 0.15) is 5.76 Å². The third-order valence-electron chi connectivity index (χ3n) is 3.86. The number of nitrogens with zero attached hydrogens (tertiary/aromatic N) is 1. The zero-order chi connectivity index (χ0) is 18.0. The van der Waals surface area contributed by atoms with Crippen molar-refractivity contribution in [3.63, 3.8) is 0 Å². The Hall–Kier alpha value is -2.24. The van der Waals surface area contributed by atoms with Crippen molar-refractivity contribution >= 4 is 40.2 Å².